The van der Waals surface area contributed by atoms with Gasteiger partial charge in [0, 0.05) is 10.2 Å². The van der Waals surface area contributed by atoms with E-state index in [0.717, 1.165) is 0 Å². The second-order valence-electron chi connectivity index (χ2n) is 1.22. The second-order valence-corrected chi connectivity index (χ2v) is 2.22. The first-order valence-corrected chi connectivity index (χ1v) is 4.03. The Balaban J connectivity index is 0. The van der Waals surface area contributed by atoms with E-state index in [0.29, 0.717) is 0 Å². The largest absolute Gasteiger partial charge is 0.181 e. The fraction of sp³-hybridized carbons (Fsp3) is 0.600. The Morgan fingerprint density at radius 1 is 1.38 bits per heavy atom. The lowest BCUT2D eigenvalue weighted by atomic mass is 10.6. The minimum atomic E-state index is 1.24. The molecule has 0 unspecified atom stereocenters. The van der Waals surface area contributed by atoms with Gasteiger partial charge in [0.2, 0.25) is 0 Å². The van der Waals surface area contributed by atoms with Crippen LogP contribution in [0.15, 0.2) is 0 Å². The zero-order chi connectivity index (χ0) is 6.83. The summed E-state index contributed by atoms with van der Waals surface area (Å²) in [6.07, 6.45) is 1.38. The molecule has 2 nitrogen and oxygen atoms in total. The molecule has 0 aromatic carbocycles. The molecule has 0 bridgehead atoms. The Labute approximate surface area is 53.2 Å². The number of hydrogen-bond donors (Lipinski definition) is 0. The van der Waals surface area contributed by atoms with E-state index in [1.54, 1.807) is 0 Å². The van der Waals surface area contributed by atoms with Gasteiger partial charge in [-0.1, -0.05) is 19.4 Å². The Kier molecular flexibility index (Phi) is 20.9. The molecular weight excluding hydrogens is 116 g/mol. The van der Waals surface area contributed by atoms with Crippen molar-refractivity contribution in [1.82, 2.24) is 0 Å². The highest BCUT2D eigenvalue weighted by Crippen LogP contribution is 1.73. The normalized spacial score (nSPS) is 5.38. The molecule has 8 heavy (non-hydrogen) atoms. The van der Waals surface area contributed by atoms with E-state index in [1.165, 1.54) is 34.8 Å². The van der Waals surface area contributed by atoms with Crippen LogP contribution in [0.4, 0.5) is 0 Å². The summed E-state index contributed by atoms with van der Waals surface area (Å²) in [4.78, 5) is 0. The number of nitriles is 2. The molecule has 3 heteroatoms. The SMILES string of the molecule is CCC[SiH3].N#CC#N. The molecule has 0 saturated carbocycles. The van der Waals surface area contributed by atoms with E-state index in [-0.39, 0.29) is 0 Å². The molecule has 0 aromatic heterocycles. The Morgan fingerprint density at radius 3 is 1.62 bits per heavy atom. The number of hydrogen-bond acceptors (Lipinski definition) is 2. The van der Waals surface area contributed by atoms with E-state index >= 15 is 0 Å². The molecule has 0 heterocycles. The molecule has 0 saturated heterocycles. The van der Waals surface area contributed by atoms with Gasteiger partial charge in [-0.25, -0.2) is 0 Å². The minimum absolute atomic E-state index is 1.24. The third-order valence-electron chi connectivity index (χ3n) is 0.550. The summed E-state index contributed by atoms with van der Waals surface area (Å²) in [7, 11) is 1.39. The smallest absolute Gasteiger partial charge is 0.181 e. The summed E-state index contributed by atoms with van der Waals surface area (Å²) in [5.41, 5.74) is 0. The monoisotopic (exact) mass is 126 g/mol. The van der Waals surface area contributed by atoms with Crippen LogP contribution in [0.5, 0.6) is 0 Å². The van der Waals surface area contributed by atoms with E-state index in [4.69, 9.17) is 10.5 Å². The molecule has 0 radical (unpaired) electrons. The first-order chi connectivity index (χ1) is 3.83. The molecule has 0 atom stereocenters. The quantitative estimate of drug-likeness (QED) is 0.472. The van der Waals surface area contributed by atoms with Gasteiger partial charge in [-0.3, -0.25) is 0 Å². The summed E-state index contributed by atoms with van der Waals surface area (Å²) in [6, 6.07) is 3.93. The van der Waals surface area contributed by atoms with Gasteiger partial charge in [-0.15, -0.1) is 0 Å². The summed E-state index contributed by atoms with van der Waals surface area (Å²) in [5, 5.41) is 14.5. The van der Waals surface area contributed by atoms with Gasteiger partial charge < -0.3 is 0 Å². The van der Waals surface area contributed by atoms with Crippen LogP contribution >= 0.6 is 0 Å². The van der Waals surface area contributed by atoms with Crippen LogP contribution in [0, 0.1) is 22.7 Å². The van der Waals surface area contributed by atoms with Crippen molar-refractivity contribution in [3.63, 3.8) is 0 Å². The molecule has 0 N–H and O–H groups in total. The van der Waals surface area contributed by atoms with E-state index < -0.39 is 0 Å². The lowest BCUT2D eigenvalue weighted by Crippen LogP contribution is -1.55. The van der Waals surface area contributed by atoms with Crippen LogP contribution in [0.25, 0.3) is 0 Å². The molecule has 0 amide bonds. The van der Waals surface area contributed by atoms with Crippen molar-refractivity contribution in [2.45, 2.75) is 19.4 Å². The summed E-state index contributed by atoms with van der Waals surface area (Å²) in [5.74, 6) is 0. The molecule has 0 aliphatic rings. The predicted octanol–water partition coefficient (Wildman–Crippen LogP) is 0.214. The lowest BCUT2D eigenvalue weighted by molar-refractivity contribution is 1.08. The van der Waals surface area contributed by atoms with Gasteiger partial charge in [0.1, 0.15) is 0 Å². The van der Waals surface area contributed by atoms with Crippen molar-refractivity contribution in [3.05, 3.63) is 0 Å². The van der Waals surface area contributed by atoms with E-state index in [9.17, 15) is 0 Å². The molecule has 0 rings (SSSR count). The van der Waals surface area contributed by atoms with Crippen molar-refractivity contribution < 1.29 is 0 Å². The van der Waals surface area contributed by atoms with Gasteiger partial charge in [0.25, 0.3) is 0 Å². The second kappa shape index (κ2) is 16.4. The summed E-state index contributed by atoms with van der Waals surface area (Å²) < 4.78 is 0. The summed E-state index contributed by atoms with van der Waals surface area (Å²) >= 11 is 0. The highest BCUT2D eigenvalue weighted by atomic mass is 28.1. The average molecular weight is 126 g/mol. The van der Waals surface area contributed by atoms with Crippen molar-refractivity contribution in [2.24, 2.45) is 0 Å². The molecule has 44 valence electrons. The Bertz CT molecular complexity index is 84.0. The molecule has 0 aliphatic heterocycles. The maximum atomic E-state index is 7.26. The van der Waals surface area contributed by atoms with Crippen molar-refractivity contribution >= 4 is 10.2 Å². The van der Waals surface area contributed by atoms with Gasteiger partial charge in [-0.05, 0) is 0 Å². The Morgan fingerprint density at radius 2 is 1.62 bits per heavy atom. The summed E-state index contributed by atoms with van der Waals surface area (Å²) in [6.45, 7) is 2.22. The number of nitrogens with zero attached hydrogens (tertiary/aromatic N) is 2. The highest BCUT2D eigenvalue weighted by molar-refractivity contribution is 6.08. The van der Waals surface area contributed by atoms with Crippen LogP contribution in [0.2, 0.25) is 6.04 Å². The molecule has 0 aromatic rings. The van der Waals surface area contributed by atoms with Gasteiger partial charge >= 0.3 is 0 Å². The lowest BCUT2D eigenvalue weighted by Gasteiger charge is -1.67. The molecule has 0 fully saturated rings. The van der Waals surface area contributed by atoms with E-state index in [1.807, 2.05) is 0 Å². The van der Waals surface area contributed by atoms with Gasteiger partial charge in [-0.2, -0.15) is 10.5 Å². The third kappa shape index (κ3) is 63.9. The van der Waals surface area contributed by atoms with Crippen LogP contribution in [0.1, 0.15) is 13.3 Å². The Hall–Kier alpha value is -0.803. The van der Waals surface area contributed by atoms with Crippen molar-refractivity contribution in [2.75, 3.05) is 0 Å². The van der Waals surface area contributed by atoms with Gasteiger partial charge in [0.05, 0.1) is 0 Å². The van der Waals surface area contributed by atoms with Crippen LogP contribution < -0.4 is 0 Å². The van der Waals surface area contributed by atoms with Crippen molar-refractivity contribution in [3.8, 4) is 12.1 Å². The molecule has 0 spiro atoms. The zero-order valence-electron chi connectivity index (χ0n) is 5.31. The van der Waals surface area contributed by atoms with Gasteiger partial charge in [0.15, 0.2) is 12.1 Å². The van der Waals surface area contributed by atoms with Crippen LogP contribution in [-0.2, 0) is 0 Å². The van der Waals surface area contributed by atoms with Crippen LogP contribution in [-0.4, -0.2) is 10.2 Å². The van der Waals surface area contributed by atoms with Crippen molar-refractivity contribution in [1.29, 1.82) is 10.5 Å². The fourth-order valence-corrected chi connectivity index (χ4v) is 0. The molecule has 0 aliphatic carbocycles. The first-order valence-electron chi connectivity index (χ1n) is 2.61. The standard InChI is InChI=1S/C3H10Si.C2N2/c1-2-3-4;3-1-2-4/h2-3H2,1,4H3;. The number of rotatable bonds is 1. The zero-order valence-corrected chi connectivity index (χ0v) is 7.31. The maximum Gasteiger partial charge on any atom is 0.181 e. The maximum absolute atomic E-state index is 7.26. The average Bonchev–Trinajstić information content (AvgIpc) is 1.88. The van der Waals surface area contributed by atoms with E-state index in [2.05, 4.69) is 6.92 Å². The fourth-order valence-electron chi connectivity index (χ4n) is 0. The molecular formula is C5H10N2Si. The minimum Gasteiger partial charge on any atom is -0.181 e. The topological polar surface area (TPSA) is 47.6 Å². The third-order valence-corrected chi connectivity index (χ3v) is 1.55. The first kappa shape index (κ1) is 10.2. The van der Waals surface area contributed by atoms with Crippen LogP contribution in [0.3, 0.4) is 0 Å². The highest BCUT2D eigenvalue weighted by Gasteiger charge is 1.57. The predicted molar refractivity (Wildman–Crippen MR) is 36.3 cm³/mol.